The number of esters is 1. The molecule has 1 aromatic rings. The van der Waals surface area contributed by atoms with Gasteiger partial charge in [0.1, 0.15) is 17.5 Å². The van der Waals surface area contributed by atoms with Crippen molar-refractivity contribution in [3.05, 3.63) is 35.9 Å². The van der Waals surface area contributed by atoms with Crippen LogP contribution in [0.3, 0.4) is 0 Å². The number of ether oxygens (including phenoxy) is 1. The van der Waals surface area contributed by atoms with E-state index in [9.17, 15) is 18.3 Å². The van der Waals surface area contributed by atoms with Crippen LogP contribution in [0.2, 0.25) is 0 Å². The Labute approximate surface area is 118 Å². The largest absolute Gasteiger partial charge is 0.460 e. The zero-order chi connectivity index (χ0) is 14.8. The summed E-state index contributed by atoms with van der Waals surface area (Å²) in [7, 11) is -3.51. The average Bonchev–Trinajstić information content (AvgIpc) is 2.86. The summed E-state index contributed by atoms with van der Waals surface area (Å²) in [6, 6.07) is 8.55. The van der Waals surface area contributed by atoms with Gasteiger partial charge in [-0.3, -0.25) is 4.79 Å². The molecule has 1 aromatic carbocycles. The minimum atomic E-state index is -3.51. The molecular formula is C14H18O5S. The van der Waals surface area contributed by atoms with E-state index in [1.165, 1.54) is 0 Å². The maximum Gasteiger partial charge on any atom is 0.306 e. The van der Waals surface area contributed by atoms with E-state index in [1.807, 2.05) is 0 Å². The monoisotopic (exact) mass is 298 g/mol. The highest BCUT2D eigenvalue weighted by Crippen LogP contribution is 2.32. The number of rotatable bonds is 5. The van der Waals surface area contributed by atoms with Gasteiger partial charge >= 0.3 is 5.97 Å². The van der Waals surface area contributed by atoms with Gasteiger partial charge in [-0.05, 0) is 12.0 Å². The molecule has 0 aliphatic carbocycles. The summed E-state index contributed by atoms with van der Waals surface area (Å²) in [5, 5.41) is 9.33. The lowest BCUT2D eigenvalue weighted by Crippen LogP contribution is -2.37. The number of carbonyl (C=O) groups is 1. The van der Waals surface area contributed by atoms with Gasteiger partial charge in [0.15, 0.2) is 9.84 Å². The third kappa shape index (κ3) is 3.02. The fourth-order valence-corrected chi connectivity index (χ4v) is 3.95. The highest BCUT2D eigenvalue weighted by molar-refractivity contribution is 7.91. The first kappa shape index (κ1) is 15.0. The average molecular weight is 298 g/mol. The van der Waals surface area contributed by atoms with Crippen molar-refractivity contribution in [1.29, 1.82) is 0 Å². The first-order chi connectivity index (χ1) is 9.45. The normalized spacial score (nSPS) is 22.3. The number of aliphatic hydroxyl groups is 1. The lowest BCUT2D eigenvalue weighted by Gasteiger charge is -2.26. The summed E-state index contributed by atoms with van der Waals surface area (Å²) < 4.78 is 29.6. The second-order valence-corrected chi connectivity index (χ2v) is 7.25. The van der Waals surface area contributed by atoms with Crippen LogP contribution in [-0.4, -0.2) is 37.5 Å². The van der Waals surface area contributed by atoms with Crippen LogP contribution in [0, 0.1) is 0 Å². The zero-order valence-electron chi connectivity index (χ0n) is 11.2. The first-order valence-corrected chi connectivity index (χ1v) is 8.31. The fourth-order valence-electron chi connectivity index (χ4n) is 2.42. The summed E-state index contributed by atoms with van der Waals surface area (Å²) in [4.78, 5) is 11.2. The highest BCUT2D eigenvalue weighted by Gasteiger charge is 2.41. The number of hydrogen-bond donors (Lipinski definition) is 1. The van der Waals surface area contributed by atoms with Gasteiger partial charge in [-0.2, -0.15) is 0 Å². The molecule has 1 fully saturated rings. The van der Waals surface area contributed by atoms with Crippen LogP contribution in [0.1, 0.15) is 30.6 Å². The maximum absolute atomic E-state index is 12.3. The zero-order valence-corrected chi connectivity index (χ0v) is 12.0. The molecule has 0 saturated carbocycles. The first-order valence-electron chi connectivity index (χ1n) is 6.59. The Kier molecular flexibility index (Phi) is 4.45. The van der Waals surface area contributed by atoms with Gasteiger partial charge in [-0.25, -0.2) is 8.42 Å². The van der Waals surface area contributed by atoms with Crippen LogP contribution in [0.25, 0.3) is 0 Å². The lowest BCUT2D eigenvalue weighted by molar-refractivity contribution is -0.145. The van der Waals surface area contributed by atoms with Gasteiger partial charge in [0.2, 0.25) is 0 Å². The molecule has 0 radical (unpaired) electrons. The van der Waals surface area contributed by atoms with Crippen molar-refractivity contribution < 1.29 is 23.1 Å². The van der Waals surface area contributed by atoms with Gasteiger partial charge < -0.3 is 9.84 Å². The molecule has 0 aromatic heterocycles. The molecule has 1 aliphatic rings. The molecule has 1 N–H and O–H groups in total. The van der Waals surface area contributed by atoms with Crippen molar-refractivity contribution in [3.8, 4) is 0 Å². The van der Waals surface area contributed by atoms with E-state index in [0.29, 0.717) is 12.0 Å². The van der Waals surface area contributed by atoms with Crippen molar-refractivity contribution in [2.45, 2.75) is 37.2 Å². The number of hydrogen-bond acceptors (Lipinski definition) is 5. The van der Waals surface area contributed by atoms with Crippen molar-refractivity contribution in [2.24, 2.45) is 0 Å². The van der Waals surface area contributed by atoms with E-state index in [0.717, 1.165) is 0 Å². The van der Waals surface area contributed by atoms with Crippen molar-refractivity contribution in [2.75, 3.05) is 5.75 Å². The van der Waals surface area contributed by atoms with Crippen molar-refractivity contribution >= 4 is 15.8 Å². The van der Waals surface area contributed by atoms with Crippen LogP contribution in [0.5, 0.6) is 0 Å². The standard InChI is InChI=1S/C14H18O5S/c1-2-20(17,18)14(10-6-4-3-5-7-10)13(16)11-8-9-12(15)19-11/h3-7,11,13-14,16H,2,8-9H2,1H3/t11-,13+,14+/m0/s1. The summed E-state index contributed by atoms with van der Waals surface area (Å²) in [6.45, 7) is 1.54. The Balaban J connectivity index is 2.35. The van der Waals surface area contributed by atoms with Crippen LogP contribution in [0.15, 0.2) is 30.3 Å². The van der Waals surface area contributed by atoms with E-state index in [4.69, 9.17) is 4.74 Å². The number of cyclic esters (lactones) is 1. The summed E-state index contributed by atoms with van der Waals surface area (Å²) >= 11 is 0. The van der Waals surface area contributed by atoms with Gasteiger partial charge in [0.05, 0.1) is 0 Å². The molecule has 0 unspecified atom stereocenters. The van der Waals surface area contributed by atoms with Crippen LogP contribution in [0.4, 0.5) is 0 Å². The van der Waals surface area contributed by atoms with Crippen LogP contribution >= 0.6 is 0 Å². The van der Waals surface area contributed by atoms with Crippen LogP contribution < -0.4 is 0 Å². The third-order valence-corrected chi connectivity index (χ3v) is 5.65. The molecule has 0 amide bonds. The van der Waals surface area contributed by atoms with Gasteiger partial charge in [0, 0.05) is 12.2 Å². The molecule has 1 aliphatic heterocycles. The predicted molar refractivity (Wildman–Crippen MR) is 73.8 cm³/mol. The van der Waals surface area contributed by atoms with E-state index in [1.54, 1.807) is 37.3 Å². The third-order valence-electron chi connectivity index (χ3n) is 3.52. The molecule has 1 saturated heterocycles. The van der Waals surface area contributed by atoms with E-state index in [2.05, 4.69) is 0 Å². The fraction of sp³-hybridized carbons (Fsp3) is 0.500. The Morgan fingerprint density at radius 1 is 1.35 bits per heavy atom. The van der Waals surface area contributed by atoms with E-state index >= 15 is 0 Å². The Bertz CT molecular complexity index is 566. The van der Waals surface area contributed by atoms with Crippen LogP contribution in [-0.2, 0) is 19.4 Å². The number of benzene rings is 1. The Morgan fingerprint density at radius 3 is 2.50 bits per heavy atom. The van der Waals surface area contributed by atoms with Gasteiger partial charge in [-0.15, -0.1) is 0 Å². The topological polar surface area (TPSA) is 80.7 Å². The molecule has 110 valence electrons. The van der Waals surface area contributed by atoms with Crippen molar-refractivity contribution in [1.82, 2.24) is 0 Å². The summed E-state index contributed by atoms with van der Waals surface area (Å²) in [5.74, 6) is -0.473. The SMILES string of the molecule is CCS(=O)(=O)[C@H](c1ccccc1)[C@H](O)[C@@H]1CCC(=O)O1. The molecule has 3 atom stereocenters. The Morgan fingerprint density at radius 2 is 2.00 bits per heavy atom. The summed E-state index contributed by atoms with van der Waals surface area (Å²) in [6.07, 6.45) is -1.43. The molecule has 5 nitrogen and oxygen atoms in total. The molecule has 0 bridgehead atoms. The minimum Gasteiger partial charge on any atom is -0.460 e. The molecular weight excluding hydrogens is 280 g/mol. The second kappa shape index (κ2) is 5.93. The molecule has 1 heterocycles. The van der Waals surface area contributed by atoms with E-state index < -0.39 is 33.3 Å². The van der Waals surface area contributed by atoms with Gasteiger partial charge in [0.25, 0.3) is 0 Å². The number of carbonyl (C=O) groups excluding carboxylic acids is 1. The Hall–Kier alpha value is -1.40. The molecule has 0 spiro atoms. The molecule has 20 heavy (non-hydrogen) atoms. The van der Waals surface area contributed by atoms with Crippen molar-refractivity contribution in [3.63, 3.8) is 0 Å². The quantitative estimate of drug-likeness (QED) is 0.827. The maximum atomic E-state index is 12.3. The van der Waals surface area contributed by atoms with E-state index in [-0.39, 0.29) is 12.2 Å². The molecule has 2 rings (SSSR count). The number of aliphatic hydroxyl groups excluding tert-OH is 1. The second-order valence-electron chi connectivity index (χ2n) is 4.84. The lowest BCUT2D eigenvalue weighted by atomic mass is 10.0. The minimum absolute atomic E-state index is 0.0791. The summed E-state index contributed by atoms with van der Waals surface area (Å²) in [5.41, 5.74) is 0.518. The smallest absolute Gasteiger partial charge is 0.306 e. The van der Waals surface area contributed by atoms with Gasteiger partial charge in [-0.1, -0.05) is 37.3 Å². The molecule has 6 heteroatoms. The predicted octanol–water partition coefficient (Wildman–Crippen LogP) is 1.23. The number of sulfone groups is 1. The highest BCUT2D eigenvalue weighted by atomic mass is 32.2.